The fourth-order valence-electron chi connectivity index (χ4n) is 3.22. The van der Waals surface area contributed by atoms with Gasteiger partial charge in [-0.05, 0) is 17.7 Å². The van der Waals surface area contributed by atoms with Gasteiger partial charge in [0.25, 0.3) is 0 Å². The second-order valence-corrected chi connectivity index (χ2v) is 6.37. The number of rotatable bonds is 6. The molecule has 140 valence electrons. The van der Waals surface area contributed by atoms with E-state index in [1.165, 1.54) is 12.3 Å². The standard InChI is InChI=1S/C20H20N2O5/c1-25-19-8-17-16(9-20(24)27-18(17)10-21-19)13-2-4-14(5-3-13)22-11-15(12-22)26-7-6-23/h2-5,8-10,15,23H,6-7,11-12H2,1H3. The lowest BCUT2D eigenvalue weighted by molar-refractivity contribution is 0.0135. The molecule has 1 N–H and O–H groups in total. The molecule has 0 saturated carbocycles. The Labute approximate surface area is 155 Å². The molecular weight excluding hydrogens is 348 g/mol. The van der Waals surface area contributed by atoms with Crippen LogP contribution in [0.4, 0.5) is 5.69 Å². The number of pyridine rings is 1. The lowest BCUT2D eigenvalue weighted by Gasteiger charge is -2.40. The highest BCUT2D eigenvalue weighted by Gasteiger charge is 2.27. The smallest absolute Gasteiger partial charge is 0.336 e. The number of methoxy groups -OCH3 is 1. The molecule has 7 nitrogen and oxygen atoms in total. The van der Waals surface area contributed by atoms with Gasteiger partial charge in [0.2, 0.25) is 5.88 Å². The van der Waals surface area contributed by atoms with Crippen LogP contribution < -0.4 is 15.3 Å². The second kappa shape index (κ2) is 7.38. The minimum absolute atomic E-state index is 0.0462. The van der Waals surface area contributed by atoms with E-state index in [1.807, 2.05) is 24.3 Å². The fourth-order valence-corrected chi connectivity index (χ4v) is 3.22. The van der Waals surface area contributed by atoms with Gasteiger partial charge in [-0.25, -0.2) is 9.78 Å². The summed E-state index contributed by atoms with van der Waals surface area (Å²) in [5.41, 5.74) is 2.79. The molecule has 1 saturated heterocycles. The van der Waals surface area contributed by atoms with Gasteiger partial charge in [-0.15, -0.1) is 0 Å². The summed E-state index contributed by atoms with van der Waals surface area (Å²) in [6.45, 7) is 2.03. The molecule has 4 rings (SSSR count). The van der Waals surface area contributed by atoms with E-state index >= 15 is 0 Å². The third-order valence-corrected chi connectivity index (χ3v) is 4.65. The molecule has 1 aromatic carbocycles. The maximum Gasteiger partial charge on any atom is 0.336 e. The molecule has 2 aromatic heterocycles. The van der Waals surface area contributed by atoms with Gasteiger partial charge in [-0.3, -0.25) is 0 Å². The molecule has 7 heteroatoms. The van der Waals surface area contributed by atoms with Crippen LogP contribution in [0.1, 0.15) is 0 Å². The van der Waals surface area contributed by atoms with E-state index in [-0.39, 0.29) is 12.7 Å². The quantitative estimate of drug-likeness (QED) is 0.713. The molecule has 0 radical (unpaired) electrons. The van der Waals surface area contributed by atoms with Crippen LogP contribution in [-0.4, -0.2) is 49.6 Å². The number of hydrogen-bond acceptors (Lipinski definition) is 7. The Morgan fingerprint density at radius 1 is 1.26 bits per heavy atom. The first-order valence-electron chi connectivity index (χ1n) is 8.73. The molecule has 0 aliphatic carbocycles. The molecule has 0 amide bonds. The lowest BCUT2D eigenvalue weighted by atomic mass is 10.0. The lowest BCUT2D eigenvalue weighted by Crippen LogP contribution is -2.52. The van der Waals surface area contributed by atoms with Crippen molar-refractivity contribution in [2.24, 2.45) is 0 Å². The van der Waals surface area contributed by atoms with E-state index in [2.05, 4.69) is 9.88 Å². The summed E-state index contributed by atoms with van der Waals surface area (Å²) in [5, 5.41) is 9.58. The largest absolute Gasteiger partial charge is 0.481 e. The number of aliphatic hydroxyl groups is 1. The Hall–Kier alpha value is -2.90. The Kier molecular flexibility index (Phi) is 4.79. The average molecular weight is 368 g/mol. The molecular formula is C20H20N2O5. The van der Waals surface area contributed by atoms with Gasteiger partial charge >= 0.3 is 5.63 Å². The van der Waals surface area contributed by atoms with Crippen LogP contribution in [0.2, 0.25) is 0 Å². The number of nitrogens with zero attached hydrogens (tertiary/aromatic N) is 2. The summed E-state index contributed by atoms with van der Waals surface area (Å²) in [4.78, 5) is 18.2. The summed E-state index contributed by atoms with van der Waals surface area (Å²) in [6.07, 6.45) is 1.67. The zero-order chi connectivity index (χ0) is 18.8. The molecule has 0 atom stereocenters. The summed E-state index contributed by atoms with van der Waals surface area (Å²) in [7, 11) is 1.55. The van der Waals surface area contributed by atoms with Crippen LogP contribution in [0.25, 0.3) is 22.1 Å². The number of aromatic nitrogens is 1. The van der Waals surface area contributed by atoms with Crippen LogP contribution in [0.5, 0.6) is 5.88 Å². The van der Waals surface area contributed by atoms with Crippen LogP contribution in [-0.2, 0) is 4.74 Å². The van der Waals surface area contributed by atoms with E-state index < -0.39 is 5.63 Å². The van der Waals surface area contributed by atoms with Crippen LogP contribution in [0.15, 0.2) is 51.8 Å². The van der Waals surface area contributed by atoms with Gasteiger partial charge in [0.05, 0.1) is 32.6 Å². The second-order valence-electron chi connectivity index (χ2n) is 6.37. The van der Waals surface area contributed by atoms with E-state index in [9.17, 15) is 4.79 Å². The molecule has 1 aliphatic rings. The zero-order valence-corrected chi connectivity index (χ0v) is 14.9. The molecule has 3 heterocycles. The van der Waals surface area contributed by atoms with Gasteiger partial charge < -0.3 is 23.9 Å². The van der Waals surface area contributed by atoms with Crippen molar-refractivity contribution < 1.29 is 19.0 Å². The van der Waals surface area contributed by atoms with Crippen LogP contribution in [0, 0.1) is 0 Å². The predicted molar refractivity (Wildman–Crippen MR) is 101 cm³/mol. The Balaban J connectivity index is 1.60. The van der Waals surface area contributed by atoms with Crippen LogP contribution >= 0.6 is 0 Å². The number of hydrogen-bond donors (Lipinski definition) is 1. The number of fused-ring (bicyclic) bond motifs is 1. The number of benzene rings is 1. The van der Waals surface area contributed by atoms with Crippen molar-refractivity contribution in [1.29, 1.82) is 0 Å². The summed E-state index contributed by atoms with van der Waals surface area (Å²) in [5.74, 6) is 0.462. The topological polar surface area (TPSA) is 85.0 Å². The van der Waals surface area contributed by atoms with Gasteiger partial charge in [-0.1, -0.05) is 12.1 Å². The Morgan fingerprint density at radius 2 is 2.04 bits per heavy atom. The minimum atomic E-state index is -0.417. The molecule has 1 aliphatic heterocycles. The van der Waals surface area contributed by atoms with E-state index in [0.717, 1.165) is 35.3 Å². The van der Waals surface area contributed by atoms with Gasteiger partial charge in [0.15, 0.2) is 5.58 Å². The monoisotopic (exact) mass is 368 g/mol. The molecule has 0 bridgehead atoms. The van der Waals surface area contributed by atoms with Crippen molar-refractivity contribution in [1.82, 2.24) is 4.98 Å². The summed E-state index contributed by atoms with van der Waals surface area (Å²) in [6, 6.07) is 11.3. The van der Waals surface area contributed by atoms with Crippen LogP contribution in [0.3, 0.4) is 0 Å². The third-order valence-electron chi connectivity index (χ3n) is 4.65. The normalized spacial score (nSPS) is 14.4. The van der Waals surface area contributed by atoms with Crippen molar-refractivity contribution in [3.8, 4) is 17.0 Å². The summed E-state index contributed by atoms with van der Waals surface area (Å²) >= 11 is 0. The molecule has 0 spiro atoms. The van der Waals surface area contributed by atoms with Crippen molar-refractivity contribution in [2.45, 2.75) is 6.10 Å². The molecule has 27 heavy (non-hydrogen) atoms. The minimum Gasteiger partial charge on any atom is -0.481 e. The Morgan fingerprint density at radius 3 is 2.74 bits per heavy atom. The van der Waals surface area contributed by atoms with E-state index in [0.29, 0.717) is 18.1 Å². The van der Waals surface area contributed by atoms with Crippen molar-refractivity contribution in [2.75, 3.05) is 38.3 Å². The Bertz CT molecular complexity index is 993. The van der Waals surface area contributed by atoms with Crippen molar-refractivity contribution in [3.05, 3.63) is 53.0 Å². The highest BCUT2D eigenvalue weighted by Crippen LogP contribution is 2.31. The zero-order valence-electron chi connectivity index (χ0n) is 14.9. The molecule has 0 unspecified atom stereocenters. The van der Waals surface area contributed by atoms with Crippen molar-refractivity contribution in [3.63, 3.8) is 0 Å². The third kappa shape index (κ3) is 3.51. The SMILES string of the molecule is COc1cc2c(-c3ccc(N4CC(OCCO)C4)cc3)cc(=O)oc2cn1. The average Bonchev–Trinajstić information content (AvgIpc) is 2.66. The maximum atomic E-state index is 11.9. The van der Waals surface area contributed by atoms with Gasteiger partial charge in [0.1, 0.15) is 0 Å². The molecule has 3 aromatic rings. The summed E-state index contributed by atoms with van der Waals surface area (Å²) < 4.78 is 15.9. The molecule has 1 fully saturated rings. The fraction of sp³-hybridized carbons (Fsp3) is 0.300. The van der Waals surface area contributed by atoms with Gasteiger partial charge in [-0.2, -0.15) is 0 Å². The number of ether oxygens (including phenoxy) is 2. The van der Waals surface area contributed by atoms with Gasteiger partial charge in [0, 0.05) is 41.9 Å². The highest BCUT2D eigenvalue weighted by molar-refractivity contribution is 5.93. The number of anilines is 1. The first-order valence-corrected chi connectivity index (χ1v) is 8.73. The van der Waals surface area contributed by atoms with Crippen molar-refractivity contribution >= 4 is 16.7 Å². The maximum absolute atomic E-state index is 11.9. The first-order chi connectivity index (χ1) is 13.2. The highest BCUT2D eigenvalue weighted by atomic mass is 16.5. The predicted octanol–water partition coefficient (Wildman–Crippen LogP) is 2.06. The first kappa shape index (κ1) is 17.5. The number of aliphatic hydroxyl groups excluding tert-OH is 1. The van der Waals surface area contributed by atoms with E-state index in [4.69, 9.17) is 19.0 Å². The van der Waals surface area contributed by atoms with E-state index in [1.54, 1.807) is 13.2 Å².